The lowest BCUT2D eigenvalue weighted by Gasteiger charge is -2.07. The van der Waals surface area contributed by atoms with Crippen molar-refractivity contribution < 1.29 is 13.6 Å². The number of aromatic nitrogens is 1. The van der Waals surface area contributed by atoms with Gasteiger partial charge < -0.3 is 5.73 Å². The number of rotatable bonds is 3. The average molecular weight is 221 g/mol. The zero-order valence-electron chi connectivity index (χ0n) is 7.01. The highest BCUT2D eigenvalue weighted by Gasteiger charge is 2.18. The fraction of sp³-hybridized carbons (Fsp3) is 0.250. The Hall–Kier alpha value is -1.07. The van der Waals surface area contributed by atoms with Crippen molar-refractivity contribution in [2.45, 2.75) is 13.0 Å². The van der Waals surface area contributed by atoms with E-state index in [-0.39, 0.29) is 22.8 Å². The molecule has 0 aliphatic heterocycles. The van der Waals surface area contributed by atoms with E-state index in [2.05, 4.69) is 4.98 Å². The van der Waals surface area contributed by atoms with Crippen molar-refractivity contribution in [3.05, 3.63) is 28.0 Å². The third kappa shape index (κ3) is 2.05. The molecule has 0 aliphatic rings. The predicted octanol–water partition coefficient (Wildman–Crippen LogP) is 1.94. The molecule has 3 nitrogen and oxygen atoms in total. The minimum atomic E-state index is -2.83. The fourth-order valence-electron chi connectivity index (χ4n) is 1.06. The van der Waals surface area contributed by atoms with Gasteiger partial charge in [-0.25, -0.2) is 13.8 Å². The van der Waals surface area contributed by atoms with E-state index >= 15 is 0 Å². The Balaban J connectivity index is 3.39. The Morgan fingerprint density at radius 2 is 2.29 bits per heavy atom. The second kappa shape index (κ2) is 4.43. The summed E-state index contributed by atoms with van der Waals surface area (Å²) in [4.78, 5) is 13.9. The Kier molecular flexibility index (Phi) is 3.49. The number of halogens is 3. The summed E-state index contributed by atoms with van der Waals surface area (Å²) in [5.74, 6) is 0. The first-order valence-electron chi connectivity index (χ1n) is 3.72. The van der Waals surface area contributed by atoms with Gasteiger partial charge in [-0.1, -0.05) is 11.6 Å². The van der Waals surface area contributed by atoms with E-state index in [4.69, 9.17) is 17.3 Å². The molecule has 1 heterocycles. The first-order chi connectivity index (χ1) is 6.60. The summed E-state index contributed by atoms with van der Waals surface area (Å²) in [6.45, 7) is -0.0317. The van der Waals surface area contributed by atoms with Crippen LogP contribution >= 0.6 is 11.6 Å². The standard InChI is InChI=1S/C8H7ClF2N2O/c9-6-1-4(2-12)5(3-14)7(13-6)8(10)11/h1,3,8H,2,12H2. The maximum absolute atomic E-state index is 12.4. The lowest BCUT2D eigenvalue weighted by molar-refractivity contribution is 0.110. The lowest BCUT2D eigenvalue weighted by atomic mass is 10.1. The van der Waals surface area contributed by atoms with E-state index in [9.17, 15) is 13.6 Å². The summed E-state index contributed by atoms with van der Waals surface area (Å²) >= 11 is 5.49. The Morgan fingerprint density at radius 1 is 1.64 bits per heavy atom. The summed E-state index contributed by atoms with van der Waals surface area (Å²) < 4.78 is 24.8. The van der Waals surface area contributed by atoms with Gasteiger partial charge in [0, 0.05) is 12.1 Å². The van der Waals surface area contributed by atoms with E-state index < -0.39 is 12.1 Å². The monoisotopic (exact) mass is 220 g/mol. The van der Waals surface area contributed by atoms with Crippen molar-refractivity contribution in [3.8, 4) is 0 Å². The molecule has 1 aromatic rings. The molecule has 0 bridgehead atoms. The number of carbonyl (C=O) groups is 1. The molecule has 14 heavy (non-hydrogen) atoms. The van der Waals surface area contributed by atoms with Gasteiger partial charge in [0.15, 0.2) is 6.29 Å². The number of pyridine rings is 1. The van der Waals surface area contributed by atoms with Gasteiger partial charge in [0.2, 0.25) is 0 Å². The van der Waals surface area contributed by atoms with E-state index in [1.54, 1.807) is 0 Å². The van der Waals surface area contributed by atoms with Gasteiger partial charge in [-0.2, -0.15) is 0 Å². The maximum atomic E-state index is 12.4. The van der Waals surface area contributed by atoms with Crippen molar-refractivity contribution in [1.82, 2.24) is 4.98 Å². The van der Waals surface area contributed by atoms with Crippen LogP contribution in [0.2, 0.25) is 5.15 Å². The number of alkyl halides is 2. The second-order valence-electron chi connectivity index (χ2n) is 2.53. The summed E-state index contributed by atoms with van der Waals surface area (Å²) in [6, 6.07) is 1.30. The summed E-state index contributed by atoms with van der Waals surface area (Å²) in [6.07, 6.45) is -2.52. The highest BCUT2D eigenvalue weighted by Crippen LogP contribution is 2.24. The molecule has 0 radical (unpaired) electrons. The topological polar surface area (TPSA) is 56.0 Å². The van der Waals surface area contributed by atoms with Crippen LogP contribution in [0, 0.1) is 0 Å². The van der Waals surface area contributed by atoms with Crippen molar-refractivity contribution in [2.75, 3.05) is 0 Å². The molecule has 2 N–H and O–H groups in total. The van der Waals surface area contributed by atoms with Crippen molar-refractivity contribution in [2.24, 2.45) is 5.73 Å². The Labute approximate surface area is 83.9 Å². The molecule has 0 aliphatic carbocycles. The van der Waals surface area contributed by atoms with E-state index in [1.807, 2.05) is 0 Å². The van der Waals surface area contributed by atoms with Gasteiger partial charge in [-0.05, 0) is 11.6 Å². The van der Waals surface area contributed by atoms with Crippen molar-refractivity contribution in [3.63, 3.8) is 0 Å². The van der Waals surface area contributed by atoms with Gasteiger partial charge in [-0.15, -0.1) is 0 Å². The summed E-state index contributed by atoms with van der Waals surface area (Å²) in [5, 5.41) is -0.0913. The molecule has 0 spiro atoms. The van der Waals surface area contributed by atoms with Crippen LogP contribution in [0.25, 0.3) is 0 Å². The highest BCUT2D eigenvalue weighted by atomic mass is 35.5. The fourth-order valence-corrected chi connectivity index (χ4v) is 1.29. The molecule has 1 aromatic heterocycles. The lowest BCUT2D eigenvalue weighted by Crippen LogP contribution is -2.07. The van der Waals surface area contributed by atoms with Crippen LogP contribution in [0.3, 0.4) is 0 Å². The number of hydrogen-bond acceptors (Lipinski definition) is 3. The van der Waals surface area contributed by atoms with Crippen LogP contribution in [-0.2, 0) is 6.54 Å². The quantitative estimate of drug-likeness (QED) is 0.626. The average Bonchev–Trinajstić information content (AvgIpc) is 2.16. The predicted molar refractivity (Wildman–Crippen MR) is 47.5 cm³/mol. The molecule has 76 valence electrons. The zero-order chi connectivity index (χ0) is 10.7. The number of aldehydes is 1. The van der Waals surface area contributed by atoms with E-state index in [0.717, 1.165) is 0 Å². The second-order valence-corrected chi connectivity index (χ2v) is 2.91. The molecule has 6 heteroatoms. The minimum absolute atomic E-state index is 0.0317. The largest absolute Gasteiger partial charge is 0.326 e. The number of hydrogen-bond donors (Lipinski definition) is 1. The Bertz CT molecular complexity index is 357. The molecular formula is C8H7ClF2N2O. The van der Waals surface area contributed by atoms with Crippen molar-refractivity contribution >= 4 is 17.9 Å². The molecular weight excluding hydrogens is 214 g/mol. The van der Waals surface area contributed by atoms with Crippen LogP contribution in [0.4, 0.5) is 8.78 Å². The number of nitrogens with two attached hydrogens (primary N) is 1. The zero-order valence-corrected chi connectivity index (χ0v) is 7.76. The smallest absolute Gasteiger partial charge is 0.281 e. The van der Waals surface area contributed by atoms with Crippen LogP contribution < -0.4 is 5.73 Å². The van der Waals surface area contributed by atoms with Gasteiger partial charge in [0.25, 0.3) is 6.43 Å². The third-order valence-electron chi connectivity index (χ3n) is 1.69. The van der Waals surface area contributed by atoms with Crippen LogP contribution in [-0.4, -0.2) is 11.3 Å². The van der Waals surface area contributed by atoms with E-state index in [1.165, 1.54) is 6.07 Å². The molecule has 0 fully saturated rings. The van der Waals surface area contributed by atoms with Gasteiger partial charge in [0.1, 0.15) is 10.8 Å². The van der Waals surface area contributed by atoms with E-state index in [0.29, 0.717) is 6.29 Å². The first kappa shape index (κ1) is 11.0. The summed E-state index contributed by atoms with van der Waals surface area (Å²) in [7, 11) is 0. The van der Waals surface area contributed by atoms with Crippen LogP contribution in [0.15, 0.2) is 6.07 Å². The van der Waals surface area contributed by atoms with Gasteiger partial charge in [-0.3, -0.25) is 4.79 Å². The molecule has 1 rings (SSSR count). The molecule has 0 amide bonds. The summed E-state index contributed by atoms with van der Waals surface area (Å²) in [5.41, 5.74) is 4.76. The third-order valence-corrected chi connectivity index (χ3v) is 1.88. The van der Waals surface area contributed by atoms with Crippen molar-refractivity contribution in [1.29, 1.82) is 0 Å². The minimum Gasteiger partial charge on any atom is -0.326 e. The van der Waals surface area contributed by atoms with Crippen LogP contribution in [0.5, 0.6) is 0 Å². The molecule has 0 atom stereocenters. The Morgan fingerprint density at radius 3 is 2.71 bits per heavy atom. The van der Waals surface area contributed by atoms with Gasteiger partial charge in [0.05, 0.1) is 0 Å². The number of carbonyl (C=O) groups excluding carboxylic acids is 1. The normalized spacial score (nSPS) is 10.6. The van der Waals surface area contributed by atoms with Crippen LogP contribution in [0.1, 0.15) is 28.0 Å². The van der Waals surface area contributed by atoms with Gasteiger partial charge >= 0.3 is 0 Å². The molecule has 0 saturated carbocycles. The number of nitrogens with zero attached hydrogens (tertiary/aromatic N) is 1. The highest BCUT2D eigenvalue weighted by molar-refractivity contribution is 6.29. The SMILES string of the molecule is NCc1cc(Cl)nc(C(F)F)c1C=O. The maximum Gasteiger partial charge on any atom is 0.281 e. The molecule has 0 aromatic carbocycles. The molecule has 0 saturated heterocycles. The molecule has 0 unspecified atom stereocenters. The first-order valence-corrected chi connectivity index (χ1v) is 4.10.